The molecule has 1 aliphatic heterocycles. The monoisotopic (exact) mass is 300 g/mol. The zero-order chi connectivity index (χ0) is 15.0. The molecule has 1 aromatic rings. The highest BCUT2D eigenvalue weighted by molar-refractivity contribution is 7.91. The molecule has 1 heterocycles. The molecule has 8 heteroatoms. The van der Waals surface area contributed by atoms with Gasteiger partial charge in [0.25, 0.3) is 0 Å². The Hall–Kier alpha value is -1.64. The number of anilines is 1. The molecule has 0 radical (unpaired) electrons. The molecule has 20 heavy (non-hydrogen) atoms. The minimum absolute atomic E-state index is 0.158. The highest BCUT2D eigenvalue weighted by atomic mass is 32.2. The fraction of sp³-hybridized carbons (Fsp3) is 0.417. The number of nitrogens with one attached hydrogen (secondary N) is 2. The van der Waals surface area contributed by atoms with E-state index in [9.17, 15) is 18.3 Å². The molecule has 2 atom stereocenters. The normalized spacial score (nSPS) is 28.2. The van der Waals surface area contributed by atoms with Gasteiger partial charge < -0.3 is 15.6 Å². The number of aliphatic hydroxyl groups excluding tert-OH is 1. The zero-order valence-corrected chi connectivity index (χ0v) is 11.6. The summed E-state index contributed by atoms with van der Waals surface area (Å²) in [6.45, 7) is 1.61. The average Bonchev–Trinajstić information content (AvgIpc) is 2.56. The first-order chi connectivity index (χ1) is 9.22. The maximum Gasteiger partial charge on any atom is 0.335 e. The Kier molecular flexibility index (Phi) is 3.72. The van der Waals surface area contributed by atoms with Crippen molar-refractivity contribution in [1.29, 1.82) is 0 Å². The topological polar surface area (TPSA) is 116 Å². The zero-order valence-electron chi connectivity index (χ0n) is 10.8. The van der Waals surface area contributed by atoms with Crippen molar-refractivity contribution in [1.82, 2.24) is 5.43 Å². The largest absolute Gasteiger partial charge is 0.478 e. The van der Waals surface area contributed by atoms with E-state index >= 15 is 0 Å². The van der Waals surface area contributed by atoms with E-state index in [-0.39, 0.29) is 17.1 Å². The number of carbonyl (C=O) groups is 1. The van der Waals surface area contributed by atoms with Crippen LogP contribution in [0.25, 0.3) is 0 Å². The lowest BCUT2D eigenvalue weighted by Gasteiger charge is -2.28. The lowest BCUT2D eigenvalue weighted by molar-refractivity contribution is 0.0697. The number of sulfone groups is 1. The molecule has 0 aromatic heterocycles. The molecular weight excluding hydrogens is 284 g/mol. The average molecular weight is 300 g/mol. The van der Waals surface area contributed by atoms with Crippen molar-refractivity contribution in [2.45, 2.75) is 18.6 Å². The number of aliphatic hydroxyl groups is 1. The van der Waals surface area contributed by atoms with Crippen LogP contribution in [-0.4, -0.2) is 47.7 Å². The van der Waals surface area contributed by atoms with Gasteiger partial charge in [-0.15, -0.1) is 0 Å². The van der Waals surface area contributed by atoms with Crippen LogP contribution in [-0.2, 0) is 9.84 Å². The van der Waals surface area contributed by atoms with Gasteiger partial charge in [-0.05, 0) is 31.2 Å². The summed E-state index contributed by atoms with van der Waals surface area (Å²) in [5.74, 6) is -1.45. The molecule has 1 saturated heterocycles. The van der Waals surface area contributed by atoms with E-state index in [4.69, 9.17) is 5.11 Å². The first-order valence-electron chi connectivity index (χ1n) is 5.97. The maximum absolute atomic E-state index is 11.5. The maximum atomic E-state index is 11.5. The van der Waals surface area contributed by atoms with Crippen molar-refractivity contribution in [3.63, 3.8) is 0 Å². The highest BCUT2D eigenvalue weighted by Crippen LogP contribution is 2.23. The summed E-state index contributed by atoms with van der Waals surface area (Å²) in [4.78, 5) is 10.7. The van der Waals surface area contributed by atoms with Crippen LogP contribution in [0.15, 0.2) is 24.3 Å². The van der Waals surface area contributed by atoms with Gasteiger partial charge in [-0.3, -0.25) is 0 Å². The van der Waals surface area contributed by atoms with Gasteiger partial charge in [0, 0.05) is 5.69 Å². The second kappa shape index (κ2) is 5.04. The van der Waals surface area contributed by atoms with Crippen molar-refractivity contribution in [2.75, 3.05) is 16.9 Å². The molecular formula is C12H16N2O5S. The van der Waals surface area contributed by atoms with Gasteiger partial charge in [0.1, 0.15) is 0 Å². The van der Waals surface area contributed by atoms with Gasteiger partial charge in [0.2, 0.25) is 0 Å². The first-order valence-corrected chi connectivity index (χ1v) is 7.79. The quantitative estimate of drug-likeness (QED) is 0.571. The number of rotatable bonds is 4. The second-order valence-electron chi connectivity index (χ2n) is 5.12. The van der Waals surface area contributed by atoms with Crippen LogP contribution in [0.4, 0.5) is 5.69 Å². The molecule has 0 amide bonds. The van der Waals surface area contributed by atoms with Gasteiger partial charge in [-0.25, -0.2) is 18.6 Å². The van der Waals surface area contributed by atoms with Crippen LogP contribution in [0.5, 0.6) is 0 Å². The lowest BCUT2D eigenvalue weighted by Crippen LogP contribution is -2.54. The van der Waals surface area contributed by atoms with E-state index in [0.717, 1.165) is 0 Å². The van der Waals surface area contributed by atoms with Crippen LogP contribution < -0.4 is 10.9 Å². The number of benzene rings is 1. The van der Waals surface area contributed by atoms with Gasteiger partial charge in [-0.2, -0.15) is 0 Å². The summed E-state index contributed by atoms with van der Waals surface area (Å²) in [5, 5.41) is 18.6. The number of hydrazine groups is 1. The summed E-state index contributed by atoms with van der Waals surface area (Å²) >= 11 is 0. The molecule has 1 aliphatic rings. The van der Waals surface area contributed by atoms with E-state index < -0.39 is 27.4 Å². The Morgan fingerprint density at radius 3 is 2.40 bits per heavy atom. The Morgan fingerprint density at radius 2 is 1.95 bits per heavy atom. The van der Waals surface area contributed by atoms with E-state index in [1.807, 2.05) is 0 Å². The fourth-order valence-corrected chi connectivity index (χ4v) is 4.21. The lowest BCUT2D eigenvalue weighted by atomic mass is 10.0. The number of hydrogen-bond donors (Lipinski definition) is 4. The Labute approximate surface area is 116 Å². The Bertz CT molecular complexity index is 613. The highest BCUT2D eigenvalue weighted by Gasteiger charge is 2.46. The summed E-state index contributed by atoms with van der Waals surface area (Å²) in [5.41, 5.74) is 5.35. The molecule has 0 spiro atoms. The van der Waals surface area contributed by atoms with Crippen LogP contribution in [0, 0.1) is 0 Å². The molecule has 0 aliphatic carbocycles. The first kappa shape index (κ1) is 14.8. The SMILES string of the molecule is C[C@@]1(NNc2ccc(C(=O)O)cc2)CS(=O)(=O)C[C@@H]1O. The van der Waals surface area contributed by atoms with E-state index in [2.05, 4.69) is 10.9 Å². The summed E-state index contributed by atoms with van der Waals surface area (Å²) in [6.07, 6.45) is -1.00. The number of hydrogen-bond acceptors (Lipinski definition) is 6. The van der Waals surface area contributed by atoms with Crippen molar-refractivity contribution < 1.29 is 23.4 Å². The van der Waals surface area contributed by atoms with Crippen molar-refractivity contribution in [3.05, 3.63) is 29.8 Å². The molecule has 0 unspecified atom stereocenters. The third kappa shape index (κ3) is 3.09. The molecule has 0 bridgehead atoms. The molecule has 110 valence electrons. The van der Waals surface area contributed by atoms with Crippen molar-refractivity contribution in [2.24, 2.45) is 0 Å². The van der Waals surface area contributed by atoms with Gasteiger partial charge in [-0.1, -0.05) is 0 Å². The van der Waals surface area contributed by atoms with Crippen LogP contribution in [0.3, 0.4) is 0 Å². The van der Waals surface area contributed by atoms with E-state index in [0.29, 0.717) is 5.69 Å². The number of carboxylic acid groups (broad SMARTS) is 1. The van der Waals surface area contributed by atoms with Gasteiger partial charge >= 0.3 is 5.97 Å². The van der Waals surface area contributed by atoms with Crippen molar-refractivity contribution >= 4 is 21.5 Å². The molecule has 1 fully saturated rings. The van der Waals surface area contributed by atoms with Crippen molar-refractivity contribution in [3.8, 4) is 0 Å². The molecule has 4 N–H and O–H groups in total. The molecule has 0 saturated carbocycles. The summed E-state index contributed by atoms with van der Waals surface area (Å²) in [6, 6.07) is 5.96. The number of aromatic carboxylic acids is 1. The van der Waals surface area contributed by atoms with E-state index in [1.54, 1.807) is 19.1 Å². The molecule has 2 rings (SSSR count). The van der Waals surface area contributed by atoms with Crippen LogP contribution in [0.1, 0.15) is 17.3 Å². The Balaban J connectivity index is 2.03. The molecule has 1 aromatic carbocycles. The minimum atomic E-state index is -3.26. The fourth-order valence-electron chi connectivity index (χ4n) is 2.07. The van der Waals surface area contributed by atoms with Gasteiger partial charge in [0.15, 0.2) is 9.84 Å². The third-order valence-corrected chi connectivity index (χ3v) is 5.15. The molecule has 7 nitrogen and oxygen atoms in total. The van der Waals surface area contributed by atoms with Crippen LogP contribution in [0.2, 0.25) is 0 Å². The van der Waals surface area contributed by atoms with E-state index in [1.165, 1.54) is 12.1 Å². The standard InChI is InChI=1S/C12H16N2O5S/c1-12(7-20(18,19)6-10(12)15)14-13-9-4-2-8(3-5-9)11(16)17/h2-5,10,13-15H,6-7H2,1H3,(H,16,17)/t10-,12+/m0/s1. The Morgan fingerprint density at radius 1 is 1.35 bits per heavy atom. The second-order valence-corrected chi connectivity index (χ2v) is 7.23. The number of carboxylic acids is 1. The smallest absolute Gasteiger partial charge is 0.335 e. The minimum Gasteiger partial charge on any atom is -0.478 e. The third-order valence-electron chi connectivity index (χ3n) is 3.29. The predicted molar refractivity (Wildman–Crippen MR) is 73.2 cm³/mol. The summed E-state index contributed by atoms with van der Waals surface area (Å²) in [7, 11) is -3.26. The van der Waals surface area contributed by atoms with Crippen LogP contribution >= 0.6 is 0 Å². The van der Waals surface area contributed by atoms with Gasteiger partial charge in [0.05, 0.1) is 28.7 Å². The predicted octanol–water partition coefficient (Wildman–Crippen LogP) is -0.151. The summed E-state index contributed by atoms with van der Waals surface area (Å²) < 4.78 is 23.0.